The number of fused-ring (bicyclic) bond motifs is 1. The summed E-state index contributed by atoms with van der Waals surface area (Å²) in [5, 5.41) is 9.64. The van der Waals surface area contributed by atoms with Crippen molar-refractivity contribution in [1.29, 1.82) is 0 Å². The molecule has 2 rings (SSSR count). The number of rotatable bonds is 2. The number of hydrogen-bond acceptors (Lipinski definition) is 3. The molecule has 0 aliphatic rings. The van der Waals surface area contributed by atoms with Crippen molar-refractivity contribution in [2.45, 2.75) is 0 Å². The standard InChI is InChI=1S/C9H7ClN2O3/c1-15-8-4-2-6(9(13)14)11-5(4)3-7(10)12-8/h2-3,11H,1H3,(H,13,14). The van der Waals surface area contributed by atoms with Gasteiger partial charge in [0, 0.05) is 0 Å². The first-order chi connectivity index (χ1) is 7.11. The molecule has 2 aromatic rings. The van der Waals surface area contributed by atoms with Crippen molar-refractivity contribution in [2.24, 2.45) is 0 Å². The number of carbonyl (C=O) groups is 1. The number of aromatic nitrogens is 2. The Morgan fingerprint density at radius 1 is 1.60 bits per heavy atom. The Kier molecular flexibility index (Phi) is 2.24. The summed E-state index contributed by atoms with van der Waals surface area (Å²) in [6.07, 6.45) is 0. The van der Waals surface area contributed by atoms with E-state index < -0.39 is 5.97 Å². The zero-order chi connectivity index (χ0) is 11.0. The lowest BCUT2D eigenvalue weighted by Crippen LogP contribution is -1.94. The Balaban J connectivity index is 2.74. The van der Waals surface area contributed by atoms with E-state index in [0.29, 0.717) is 16.8 Å². The van der Waals surface area contributed by atoms with Gasteiger partial charge in [-0.1, -0.05) is 11.6 Å². The SMILES string of the molecule is COc1nc(Cl)cc2[nH]c(C(=O)O)cc12. The van der Waals surface area contributed by atoms with Crippen molar-refractivity contribution in [2.75, 3.05) is 7.11 Å². The van der Waals surface area contributed by atoms with Gasteiger partial charge < -0.3 is 14.8 Å². The van der Waals surface area contributed by atoms with Crippen molar-refractivity contribution in [3.05, 3.63) is 23.0 Å². The van der Waals surface area contributed by atoms with Crippen LogP contribution in [-0.4, -0.2) is 28.2 Å². The number of aromatic amines is 1. The Morgan fingerprint density at radius 3 is 2.93 bits per heavy atom. The molecule has 6 heteroatoms. The molecule has 2 N–H and O–H groups in total. The third kappa shape index (κ3) is 1.61. The van der Waals surface area contributed by atoms with Gasteiger partial charge >= 0.3 is 5.97 Å². The predicted octanol–water partition coefficient (Wildman–Crippen LogP) is 1.92. The van der Waals surface area contributed by atoms with Crippen LogP contribution in [0.2, 0.25) is 5.15 Å². The highest BCUT2D eigenvalue weighted by atomic mass is 35.5. The van der Waals surface area contributed by atoms with Crippen LogP contribution in [0.5, 0.6) is 5.88 Å². The predicted molar refractivity (Wildman–Crippen MR) is 54.6 cm³/mol. The van der Waals surface area contributed by atoms with Crippen LogP contribution >= 0.6 is 11.6 Å². The first-order valence-corrected chi connectivity index (χ1v) is 4.46. The summed E-state index contributed by atoms with van der Waals surface area (Å²) in [6.45, 7) is 0. The van der Waals surface area contributed by atoms with Gasteiger partial charge in [0.05, 0.1) is 18.0 Å². The molecule has 0 radical (unpaired) electrons. The fourth-order valence-electron chi connectivity index (χ4n) is 1.34. The smallest absolute Gasteiger partial charge is 0.352 e. The van der Waals surface area contributed by atoms with E-state index in [0.717, 1.165) is 0 Å². The lowest BCUT2D eigenvalue weighted by atomic mass is 10.3. The molecule has 0 atom stereocenters. The van der Waals surface area contributed by atoms with Crippen LogP contribution in [0.15, 0.2) is 12.1 Å². The van der Waals surface area contributed by atoms with Crippen LogP contribution in [0.4, 0.5) is 0 Å². The maximum absolute atomic E-state index is 10.7. The largest absolute Gasteiger partial charge is 0.480 e. The highest BCUT2D eigenvalue weighted by Gasteiger charge is 2.12. The van der Waals surface area contributed by atoms with Crippen molar-refractivity contribution in [1.82, 2.24) is 9.97 Å². The molecule has 0 aromatic carbocycles. The normalized spacial score (nSPS) is 10.5. The summed E-state index contributed by atoms with van der Waals surface area (Å²) in [6, 6.07) is 3.01. The van der Waals surface area contributed by atoms with Gasteiger partial charge in [-0.15, -0.1) is 0 Å². The van der Waals surface area contributed by atoms with Crippen LogP contribution < -0.4 is 4.74 Å². The Morgan fingerprint density at radius 2 is 2.33 bits per heavy atom. The third-order valence-electron chi connectivity index (χ3n) is 1.97. The van der Waals surface area contributed by atoms with E-state index in [1.54, 1.807) is 6.07 Å². The number of methoxy groups -OCH3 is 1. The molecular formula is C9H7ClN2O3. The van der Waals surface area contributed by atoms with Gasteiger partial charge in [0.15, 0.2) is 0 Å². The van der Waals surface area contributed by atoms with Gasteiger partial charge in [-0.25, -0.2) is 9.78 Å². The number of carboxylic acid groups (broad SMARTS) is 1. The Labute approximate surface area is 89.6 Å². The minimum Gasteiger partial charge on any atom is -0.480 e. The molecule has 0 saturated carbocycles. The second kappa shape index (κ2) is 3.43. The van der Waals surface area contributed by atoms with Crippen LogP contribution in [0.25, 0.3) is 10.9 Å². The van der Waals surface area contributed by atoms with E-state index in [1.165, 1.54) is 13.2 Å². The maximum Gasteiger partial charge on any atom is 0.352 e. The molecule has 0 saturated heterocycles. The second-order valence-electron chi connectivity index (χ2n) is 2.90. The summed E-state index contributed by atoms with van der Waals surface area (Å²) in [7, 11) is 1.45. The highest BCUT2D eigenvalue weighted by molar-refractivity contribution is 6.30. The molecule has 0 aliphatic heterocycles. The quantitative estimate of drug-likeness (QED) is 0.768. The fourth-order valence-corrected chi connectivity index (χ4v) is 1.53. The zero-order valence-electron chi connectivity index (χ0n) is 7.74. The van der Waals surface area contributed by atoms with Gasteiger partial charge in [0.2, 0.25) is 5.88 Å². The molecule has 0 fully saturated rings. The van der Waals surface area contributed by atoms with Gasteiger partial charge in [0.25, 0.3) is 0 Å². The molecule has 5 nitrogen and oxygen atoms in total. The number of nitrogens with one attached hydrogen (secondary N) is 1. The topological polar surface area (TPSA) is 75.2 Å². The van der Waals surface area contributed by atoms with Gasteiger partial charge in [-0.2, -0.15) is 0 Å². The lowest BCUT2D eigenvalue weighted by molar-refractivity contribution is 0.0691. The van der Waals surface area contributed by atoms with E-state index in [9.17, 15) is 4.79 Å². The van der Waals surface area contributed by atoms with Crippen molar-refractivity contribution in [3.63, 3.8) is 0 Å². The van der Waals surface area contributed by atoms with Crippen molar-refractivity contribution in [3.8, 4) is 5.88 Å². The number of ether oxygens (including phenoxy) is 1. The zero-order valence-corrected chi connectivity index (χ0v) is 8.50. The monoisotopic (exact) mass is 226 g/mol. The number of aromatic carboxylic acids is 1. The minimum absolute atomic E-state index is 0.0763. The molecular weight excluding hydrogens is 220 g/mol. The molecule has 0 spiro atoms. The number of H-pyrrole nitrogens is 1. The van der Waals surface area contributed by atoms with Crippen LogP contribution in [-0.2, 0) is 0 Å². The number of nitrogens with zero attached hydrogens (tertiary/aromatic N) is 1. The molecule has 0 aliphatic carbocycles. The average molecular weight is 227 g/mol. The number of halogens is 1. The Hall–Kier alpha value is -1.75. The van der Waals surface area contributed by atoms with Gasteiger partial charge in [-0.3, -0.25) is 0 Å². The van der Waals surface area contributed by atoms with E-state index in [2.05, 4.69) is 9.97 Å². The van der Waals surface area contributed by atoms with Crippen molar-refractivity contribution < 1.29 is 14.6 Å². The Bertz CT molecular complexity index is 535. The number of carboxylic acids is 1. The molecule has 2 aromatic heterocycles. The third-order valence-corrected chi connectivity index (χ3v) is 2.17. The lowest BCUT2D eigenvalue weighted by Gasteiger charge is -1.99. The van der Waals surface area contributed by atoms with Crippen LogP contribution in [0.3, 0.4) is 0 Å². The van der Waals surface area contributed by atoms with E-state index in [-0.39, 0.29) is 10.8 Å². The van der Waals surface area contributed by atoms with Crippen molar-refractivity contribution >= 4 is 28.5 Å². The average Bonchev–Trinajstić information content (AvgIpc) is 2.59. The fraction of sp³-hybridized carbons (Fsp3) is 0.111. The number of pyridine rings is 1. The summed E-state index contributed by atoms with van der Waals surface area (Å²) in [5.74, 6) is -0.731. The highest BCUT2D eigenvalue weighted by Crippen LogP contribution is 2.26. The molecule has 2 heterocycles. The van der Waals surface area contributed by atoms with Gasteiger partial charge in [-0.05, 0) is 12.1 Å². The molecule has 15 heavy (non-hydrogen) atoms. The summed E-state index contributed by atoms with van der Waals surface area (Å²) in [4.78, 5) is 17.4. The molecule has 78 valence electrons. The number of hydrogen-bond donors (Lipinski definition) is 2. The summed E-state index contributed by atoms with van der Waals surface area (Å²) < 4.78 is 4.99. The van der Waals surface area contributed by atoms with E-state index in [4.69, 9.17) is 21.4 Å². The summed E-state index contributed by atoms with van der Waals surface area (Å²) in [5.41, 5.74) is 0.664. The first-order valence-electron chi connectivity index (χ1n) is 4.08. The first kappa shape index (κ1) is 9.79. The van der Waals surface area contributed by atoms with Gasteiger partial charge in [0.1, 0.15) is 10.8 Å². The van der Waals surface area contributed by atoms with E-state index >= 15 is 0 Å². The summed E-state index contributed by atoms with van der Waals surface area (Å²) >= 11 is 5.73. The molecule has 0 bridgehead atoms. The minimum atomic E-state index is -1.04. The maximum atomic E-state index is 10.7. The second-order valence-corrected chi connectivity index (χ2v) is 3.29. The molecule has 0 unspecified atom stereocenters. The van der Waals surface area contributed by atoms with Crippen LogP contribution in [0, 0.1) is 0 Å². The molecule has 0 amide bonds. The van der Waals surface area contributed by atoms with E-state index in [1.807, 2.05) is 0 Å². The van der Waals surface area contributed by atoms with Crippen LogP contribution in [0.1, 0.15) is 10.5 Å².